The second-order valence-electron chi connectivity index (χ2n) is 5.04. The Bertz CT molecular complexity index is 283. The van der Waals surface area contributed by atoms with E-state index in [4.69, 9.17) is 4.74 Å². The largest absolute Gasteiger partial charge is 0.379 e. The van der Waals surface area contributed by atoms with E-state index in [1.165, 1.54) is 0 Å². The van der Waals surface area contributed by atoms with E-state index in [1.807, 2.05) is 0 Å². The van der Waals surface area contributed by atoms with Gasteiger partial charge in [0.2, 0.25) is 0 Å². The van der Waals surface area contributed by atoms with Crippen molar-refractivity contribution in [2.24, 2.45) is 0 Å². The van der Waals surface area contributed by atoms with Gasteiger partial charge in [-0.2, -0.15) is 0 Å². The predicted molar refractivity (Wildman–Crippen MR) is 59.3 cm³/mol. The van der Waals surface area contributed by atoms with Gasteiger partial charge in [-0.25, -0.2) is 4.79 Å². The highest BCUT2D eigenvalue weighted by molar-refractivity contribution is 5.78. The maximum atomic E-state index is 12.0. The molecule has 2 N–H and O–H groups in total. The van der Waals surface area contributed by atoms with Crippen molar-refractivity contribution in [3.63, 3.8) is 0 Å². The first-order chi connectivity index (χ1) is 7.82. The van der Waals surface area contributed by atoms with Crippen LogP contribution < -0.4 is 10.6 Å². The van der Waals surface area contributed by atoms with Crippen LogP contribution in [-0.2, 0) is 4.74 Å². The van der Waals surface area contributed by atoms with E-state index >= 15 is 0 Å². The van der Waals surface area contributed by atoms with Crippen LogP contribution in [0.1, 0.15) is 19.3 Å². The molecule has 3 rings (SSSR count). The number of amides is 2. The smallest absolute Gasteiger partial charge is 0.318 e. The number of carbonyl (C=O) groups excluding carboxylic acids is 1. The highest BCUT2D eigenvalue weighted by Gasteiger charge is 2.50. The maximum Gasteiger partial charge on any atom is 0.318 e. The maximum absolute atomic E-state index is 12.0. The van der Waals surface area contributed by atoms with Crippen molar-refractivity contribution in [3.8, 4) is 0 Å². The first kappa shape index (κ1) is 10.4. The van der Waals surface area contributed by atoms with Crippen LogP contribution in [0, 0.1) is 0 Å². The minimum Gasteiger partial charge on any atom is -0.379 e. The molecule has 3 heterocycles. The van der Waals surface area contributed by atoms with Gasteiger partial charge in [0.25, 0.3) is 0 Å². The molecule has 1 atom stereocenters. The van der Waals surface area contributed by atoms with Gasteiger partial charge < -0.3 is 20.3 Å². The zero-order valence-electron chi connectivity index (χ0n) is 9.50. The second kappa shape index (κ2) is 3.89. The third kappa shape index (κ3) is 1.50. The zero-order valence-corrected chi connectivity index (χ0v) is 9.50. The van der Waals surface area contributed by atoms with Gasteiger partial charge in [-0.05, 0) is 32.4 Å². The van der Waals surface area contributed by atoms with Crippen LogP contribution in [0.2, 0.25) is 0 Å². The van der Waals surface area contributed by atoms with Gasteiger partial charge in [0.15, 0.2) is 0 Å². The molecule has 3 aliphatic rings. The Kier molecular flexibility index (Phi) is 2.52. The molecule has 90 valence electrons. The van der Waals surface area contributed by atoms with Crippen molar-refractivity contribution < 1.29 is 9.53 Å². The highest BCUT2D eigenvalue weighted by Crippen LogP contribution is 2.33. The molecule has 0 aromatic heterocycles. The molecule has 3 saturated heterocycles. The Hall–Kier alpha value is -0.810. The van der Waals surface area contributed by atoms with Crippen molar-refractivity contribution in [2.45, 2.75) is 30.8 Å². The van der Waals surface area contributed by atoms with Gasteiger partial charge in [-0.3, -0.25) is 0 Å². The second-order valence-corrected chi connectivity index (χ2v) is 5.04. The van der Waals surface area contributed by atoms with Crippen LogP contribution in [0.4, 0.5) is 4.79 Å². The standard InChI is InChI=1S/C11H19N3O2/c15-10-13-7-11(3-6-16-8-11)14(10)9-1-4-12-5-2-9/h9,12H,1-8H2,(H,13,15). The zero-order chi connectivity index (χ0) is 11.0. The summed E-state index contributed by atoms with van der Waals surface area (Å²) in [7, 11) is 0. The lowest BCUT2D eigenvalue weighted by molar-refractivity contribution is 0.0807. The van der Waals surface area contributed by atoms with Crippen LogP contribution in [0.3, 0.4) is 0 Å². The van der Waals surface area contributed by atoms with Gasteiger partial charge in [0.1, 0.15) is 0 Å². The van der Waals surface area contributed by atoms with Gasteiger partial charge in [-0.1, -0.05) is 0 Å². The molecular formula is C11H19N3O2. The number of rotatable bonds is 1. The van der Waals surface area contributed by atoms with Crippen LogP contribution in [0.15, 0.2) is 0 Å². The monoisotopic (exact) mass is 225 g/mol. The quantitative estimate of drug-likeness (QED) is 0.656. The molecule has 0 aromatic rings. The summed E-state index contributed by atoms with van der Waals surface area (Å²) in [4.78, 5) is 14.1. The average molecular weight is 225 g/mol. The summed E-state index contributed by atoms with van der Waals surface area (Å²) in [5, 5.41) is 6.33. The third-order valence-electron chi connectivity index (χ3n) is 4.05. The average Bonchev–Trinajstić information content (AvgIpc) is 2.90. The van der Waals surface area contributed by atoms with E-state index < -0.39 is 0 Å². The third-order valence-corrected chi connectivity index (χ3v) is 4.05. The molecule has 0 saturated carbocycles. The fourth-order valence-electron chi connectivity index (χ4n) is 3.17. The Balaban J connectivity index is 1.81. The molecule has 0 aromatic carbocycles. The number of hydrogen-bond donors (Lipinski definition) is 2. The number of ether oxygens (including phenoxy) is 1. The molecule has 5 nitrogen and oxygen atoms in total. The molecule has 3 fully saturated rings. The van der Waals surface area contributed by atoms with Crippen molar-refractivity contribution in [1.29, 1.82) is 0 Å². The number of piperidine rings is 1. The van der Waals surface area contributed by atoms with Crippen molar-refractivity contribution in [2.75, 3.05) is 32.8 Å². The summed E-state index contributed by atoms with van der Waals surface area (Å²) < 4.78 is 5.50. The number of carbonyl (C=O) groups is 1. The Morgan fingerprint density at radius 1 is 1.38 bits per heavy atom. The Morgan fingerprint density at radius 3 is 2.88 bits per heavy atom. The molecule has 1 spiro atoms. The lowest BCUT2D eigenvalue weighted by Crippen LogP contribution is -2.55. The number of urea groups is 1. The number of nitrogens with zero attached hydrogens (tertiary/aromatic N) is 1. The molecular weight excluding hydrogens is 206 g/mol. The summed E-state index contributed by atoms with van der Waals surface area (Å²) in [5.41, 5.74) is -0.0426. The molecule has 0 radical (unpaired) electrons. The van der Waals surface area contributed by atoms with Crippen LogP contribution in [0.5, 0.6) is 0 Å². The van der Waals surface area contributed by atoms with Gasteiger partial charge in [0.05, 0.1) is 12.1 Å². The minimum atomic E-state index is -0.0426. The van der Waals surface area contributed by atoms with Crippen molar-refractivity contribution in [3.05, 3.63) is 0 Å². The molecule has 0 bridgehead atoms. The summed E-state index contributed by atoms with van der Waals surface area (Å²) in [6.45, 7) is 4.29. The fraction of sp³-hybridized carbons (Fsp3) is 0.909. The SMILES string of the molecule is O=C1NCC2(CCOC2)N1C1CCNCC1. The van der Waals surface area contributed by atoms with E-state index in [-0.39, 0.29) is 11.6 Å². The molecule has 3 aliphatic heterocycles. The van der Waals surface area contributed by atoms with Gasteiger partial charge in [0, 0.05) is 19.2 Å². The van der Waals surface area contributed by atoms with E-state index in [0.29, 0.717) is 12.6 Å². The van der Waals surface area contributed by atoms with Crippen LogP contribution in [0.25, 0.3) is 0 Å². The first-order valence-corrected chi connectivity index (χ1v) is 6.17. The molecule has 5 heteroatoms. The summed E-state index contributed by atoms with van der Waals surface area (Å²) in [6.07, 6.45) is 3.11. The van der Waals surface area contributed by atoms with Gasteiger partial charge in [-0.15, -0.1) is 0 Å². The Morgan fingerprint density at radius 2 is 2.19 bits per heavy atom. The lowest BCUT2D eigenvalue weighted by Gasteiger charge is -2.40. The van der Waals surface area contributed by atoms with E-state index in [9.17, 15) is 4.79 Å². The number of nitrogens with one attached hydrogen (secondary N) is 2. The summed E-state index contributed by atoms with van der Waals surface area (Å²) in [6, 6.07) is 0.503. The van der Waals surface area contributed by atoms with Crippen molar-refractivity contribution in [1.82, 2.24) is 15.5 Å². The number of hydrogen-bond acceptors (Lipinski definition) is 3. The van der Waals surface area contributed by atoms with E-state index in [2.05, 4.69) is 15.5 Å². The van der Waals surface area contributed by atoms with Gasteiger partial charge >= 0.3 is 6.03 Å². The highest BCUT2D eigenvalue weighted by atomic mass is 16.5. The molecule has 0 aliphatic carbocycles. The molecule has 2 amide bonds. The van der Waals surface area contributed by atoms with E-state index in [0.717, 1.165) is 45.5 Å². The minimum absolute atomic E-state index is 0.0426. The predicted octanol–water partition coefficient (Wildman–Crippen LogP) is -0.0773. The normalized spacial score (nSPS) is 36.0. The van der Waals surface area contributed by atoms with E-state index in [1.54, 1.807) is 0 Å². The van der Waals surface area contributed by atoms with Crippen LogP contribution in [-0.4, -0.2) is 55.4 Å². The van der Waals surface area contributed by atoms with Crippen molar-refractivity contribution >= 4 is 6.03 Å². The lowest BCUT2D eigenvalue weighted by atomic mass is 9.93. The summed E-state index contributed by atoms with van der Waals surface area (Å²) in [5.74, 6) is 0. The topological polar surface area (TPSA) is 53.6 Å². The summed E-state index contributed by atoms with van der Waals surface area (Å²) >= 11 is 0. The Labute approximate surface area is 95.5 Å². The fourth-order valence-corrected chi connectivity index (χ4v) is 3.17. The molecule has 1 unspecified atom stereocenters. The molecule has 16 heavy (non-hydrogen) atoms. The first-order valence-electron chi connectivity index (χ1n) is 6.17. The van der Waals surface area contributed by atoms with Crippen LogP contribution >= 0.6 is 0 Å².